The highest BCUT2D eigenvalue weighted by molar-refractivity contribution is 5.96. The normalized spacial score (nSPS) is 20.1. The summed E-state index contributed by atoms with van der Waals surface area (Å²) in [4.78, 5) is 25.4. The summed E-state index contributed by atoms with van der Waals surface area (Å²) in [5.41, 5.74) is 1.17. The van der Waals surface area contributed by atoms with E-state index >= 15 is 0 Å². The van der Waals surface area contributed by atoms with Gasteiger partial charge in [-0.05, 0) is 31.9 Å². The van der Waals surface area contributed by atoms with Gasteiger partial charge in [0.2, 0.25) is 5.91 Å². The molecule has 0 radical (unpaired) electrons. The van der Waals surface area contributed by atoms with Crippen LogP contribution in [0, 0.1) is 0 Å². The molecule has 0 aliphatic carbocycles. The molecule has 1 fully saturated rings. The Morgan fingerprint density at radius 3 is 2.74 bits per heavy atom. The zero-order chi connectivity index (χ0) is 13.8. The lowest BCUT2D eigenvalue weighted by Gasteiger charge is -2.30. The molecule has 0 bridgehead atoms. The van der Waals surface area contributed by atoms with E-state index in [1.807, 2.05) is 24.2 Å². The minimum atomic E-state index is -0.0557. The van der Waals surface area contributed by atoms with Crippen molar-refractivity contribution in [1.29, 1.82) is 0 Å². The van der Waals surface area contributed by atoms with E-state index in [0.29, 0.717) is 0 Å². The predicted octanol–water partition coefficient (Wildman–Crippen LogP) is 2.45. The van der Waals surface area contributed by atoms with Gasteiger partial charge in [0.05, 0.1) is 12.5 Å². The molecule has 4 heteroatoms. The van der Waals surface area contributed by atoms with Crippen LogP contribution in [0.2, 0.25) is 0 Å². The lowest BCUT2D eigenvalue weighted by atomic mass is 10.1. The number of aryl methyl sites for hydroxylation is 1. The predicted molar refractivity (Wildman–Crippen MR) is 73.6 cm³/mol. The Hall–Kier alpha value is -1.58. The van der Waals surface area contributed by atoms with E-state index in [1.165, 1.54) is 12.6 Å². The molecule has 104 valence electrons. The van der Waals surface area contributed by atoms with Crippen molar-refractivity contribution >= 4 is 11.7 Å². The molecule has 0 N–H and O–H groups in total. The molecule has 4 nitrogen and oxygen atoms in total. The number of aromatic nitrogens is 1. The molecule has 1 atom stereocenters. The van der Waals surface area contributed by atoms with Crippen LogP contribution in [0.4, 0.5) is 0 Å². The Balaban J connectivity index is 2.23. The van der Waals surface area contributed by atoms with Crippen LogP contribution in [0.3, 0.4) is 0 Å². The first kappa shape index (κ1) is 13.8. The van der Waals surface area contributed by atoms with Gasteiger partial charge in [-0.25, -0.2) is 0 Å². The average molecular weight is 262 g/mol. The fraction of sp³-hybridized carbons (Fsp3) is 0.600. The monoisotopic (exact) mass is 262 g/mol. The number of rotatable bonds is 3. The third-order valence-electron chi connectivity index (χ3n) is 3.80. The summed E-state index contributed by atoms with van der Waals surface area (Å²) in [6, 6.07) is 4.20. The summed E-state index contributed by atoms with van der Waals surface area (Å²) >= 11 is 0. The third-order valence-corrected chi connectivity index (χ3v) is 3.80. The summed E-state index contributed by atoms with van der Waals surface area (Å²) in [6.45, 7) is 2.25. The Kier molecular flexibility index (Phi) is 4.40. The minimum absolute atomic E-state index is 0.0272. The molecule has 1 aliphatic rings. The maximum absolute atomic E-state index is 12.3. The second-order valence-corrected chi connectivity index (χ2v) is 5.38. The van der Waals surface area contributed by atoms with Crippen LogP contribution < -0.4 is 0 Å². The van der Waals surface area contributed by atoms with E-state index in [4.69, 9.17) is 0 Å². The van der Waals surface area contributed by atoms with Crippen LogP contribution in [0.1, 0.15) is 50.8 Å². The van der Waals surface area contributed by atoms with E-state index < -0.39 is 0 Å². The van der Waals surface area contributed by atoms with Crippen molar-refractivity contribution in [2.45, 2.75) is 45.1 Å². The van der Waals surface area contributed by atoms with Gasteiger partial charge in [0.15, 0.2) is 0 Å². The van der Waals surface area contributed by atoms with E-state index in [9.17, 15) is 9.59 Å². The van der Waals surface area contributed by atoms with Gasteiger partial charge in [0, 0.05) is 25.5 Å². The highest BCUT2D eigenvalue weighted by Gasteiger charge is 2.28. The Labute approximate surface area is 114 Å². The van der Waals surface area contributed by atoms with Gasteiger partial charge in [0.1, 0.15) is 5.78 Å². The molecule has 2 heterocycles. The first-order valence-electron chi connectivity index (χ1n) is 6.99. The topological polar surface area (TPSA) is 42.3 Å². The van der Waals surface area contributed by atoms with Crippen molar-refractivity contribution in [3.63, 3.8) is 0 Å². The number of ketones is 1. The maximum atomic E-state index is 12.3. The second-order valence-electron chi connectivity index (χ2n) is 5.38. The van der Waals surface area contributed by atoms with Gasteiger partial charge in [-0.2, -0.15) is 0 Å². The van der Waals surface area contributed by atoms with E-state index in [2.05, 4.69) is 10.6 Å². The molecule has 0 spiro atoms. The van der Waals surface area contributed by atoms with Crippen LogP contribution in [-0.2, 0) is 16.6 Å². The van der Waals surface area contributed by atoms with E-state index in [1.54, 1.807) is 0 Å². The van der Waals surface area contributed by atoms with Crippen LogP contribution in [0.5, 0.6) is 0 Å². The Bertz CT molecular complexity index is 464. The fourth-order valence-corrected chi connectivity index (χ4v) is 2.85. The molecule has 0 saturated carbocycles. The number of hydrogen-bond acceptors (Lipinski definition) is 2. The number of nitrogens with zero attached hydrogens (tertiary/aromatic N) is 2. The van der Waals surface area contributed by atoms with Crippen LogP contribution in [-0.4, -0.2) is 27.7 Å². The van der Waals surface area contributed by atoms with E-state index in [0.717, 1.165) is 32.2 Å². The number of carbonyl (C=O) groups is 2. The second kappa shape index (κ2) is 6.04. The molecule has 2 rings (SSSR count). The van der Waals surface area contributed by atoms with Crippen molar-refractivity contribution in [2.24, 2.45) is 7.05 Å². The van der Waals surface area contributed by atoms with Gasteiger partial charge in [-0.1, -0.05) is 12.8 Å². The largest absolute Gasteiger partial charge is 0.353 e. The van der Waals surface area contributed by atoms with Crippen LogP contribution >= 0.6 is 0 Å². The SMILES string of the molecule is CC(=O)CC(=O)N1CCCCCC1c1cccn1C. The van der Waals surface area contributed by atoms with E-state index in [-0.39, 0.29) is 24.2 Å². The number of Topliss-reactive ketones (excluding diaryl/α,β-unsaturated/α-hetero) is 1. The van der Waals surface area contributed by atoms with Gasteiger partial charge in [0.25, 0.3) is 0 Å². The average Bonchev–Trinajstić information content (AvgIpc) is 2.63. The van der Waals surface area contributed by atoms with Gasteiger partial charge >= 0.3 is 0 Å². The standard InChI is InChI=1S/C15H22N2O2/c1-12(18)11-15(19)17-10-5-3-4-7-14(17)13-8-6-9-16(13)2/h6,8-9,14H,3-5,7,10-11H2,1-2H3. The van der Waals surface area contributed by atoms with Crippen molar-refractivity contribution < 1.29 is 9.59 Å². The van der Waals surface area contributed by atoms with Crippen molar-refractivity contribution in [1.82, 2.24) is 9.47 Å². The van der Waals surface area contributed by atoms with Crippen molar-refractivity contribution in [3.8, 4) is 0 Å². The third kappa shape index (κ3) is 3.25. The first-order chi connectivity index (χ1) is 9.09. The Morgan fingerprint density at radius 1 is 1.32 bits per heavy atom. The zero-order valence-electron chi connectivity index (χ0n) is 11.8. The molecule has 0 aromatic carbocycles. The maximum Gasteiger partial charge on any atom is 0.230 e. The number of hydrogen-bond donors (Lipinski definition) is 0. The van der Waals surface area contributed by atoms with Crippen LogP contribution in [0.25, 0.3) is 0 Å². The highest BCUT2D eigenvalue weighted by Crippen LogP contribution is 2.30. The summed E-state index contributed by atoms with van der Waals surface area (Å²) in [5.74, 6) is -0.0829. The molecule has 1 aromatic rings. The summed E-state index contributed by atoms with van der Waals surface area (Å²) in [5, 5.41) is 0. The Morgan fingerprint density at radius 2 is 2.11 bits per heavy atom. The number of carbonyl (C=O) groups excluding carboxylic acids is 2. The quantitative estimate of drug-likeness (QED) is 0.785. The number of likely N-dealkylation sites (tertiary alicyclic amines) is 1. The molecule has 1 unspecified atom stereocenters. The summed E-state index contributed by atoms with van der Waals surface area (Å²) in [6.07, 6.45) is 6.35. The van der Waals surface area contributed by atoms with Crippen LogP contribution in [0.15, 0.2) is 18.3 Å². The lowest BCUT2D eigenvalue weighted by molar-refractivity contribution is -0.137. The molecule has 1 amide bonds. The smallest absolute Gasteiger partial charge is 0.230 e. The molecule has 1 aromatic heterocycles. The number of amides is 1. The first-order valence-corrected chi connectivity index (χ1v) is 6.99. The van der Waals surface area contributed by atoms with Crippen molar-refractivity contribution in [3.05, 3.63) is 24.0 Å². The zero-order valence-corrected chi connectivity index (χ0v) is 11.8. The minimum Gasteiger partial charge on any atom is -0.353 e. The molecule has 1 aliphatic heterocycles. The highest BCUT2D eigenvalue weighted by atomic mass is 16.2. The molecular formula is C15H22N2O2. The summed E-state index contributed by atoms with van der Waals surface area (Å²) < 4.78 is 2.07. The fourth-order valence-electron chi connectivity index (χ4n) is 2.85. The molecule has 1 saturated heterocycles. The van der Waals surface area contributed by atoms with Gasteiger partial charge in [-0.15, -0.1) is 0 Å². The molecule has 19 heavy (non-hydrogen) atoms. The van der Waals surface area contributed by atoms with Gasteiger partial charge < -0.3 is 9.47 Å². The molecular weight excluding hydrogens is 240 g/mol. The summed E-state index contributed by atoms with van der Waals surface area (Å²) in [7, 11) is 2.01. The lowest BCUT2D eigenvalue weighted by Crippen LogP contribution is -2.36. The van der Waals surface area contributed by atoms with Crippen molar-refractivity contribution in [2.75, 3.05) is 6.54 Å². The van der Waals surface area contributed by atoms with Gasteiger partial charge in [-0.3, -0.25) is 9.59 Å².